The number of tetrazole rings is 1. The highest BCUT2D eigenvalue weighted by Crippen LogP contribution is 2.10. The maximum atomic E-state index is 13.4. The number of hydrogen-bond donors (Lipinski definition) is 1. The molecule has 1 aromatic heterocycles. The van der Waals surface area contributed by atoms with Crippen molar-refractivity contribution in [1.29, 1.82) is 0 Å². The number of nitrogens with one attached hydrogen (secondary N) is 1. The third-order valence-corrected chi connectivity index (χ3v) is 4.35. The van der Waals surface area contributed by atoms with Gasteiger partial charge in [-0.15, -0.1) is 0 Å². The molecule has 1 amide bonds. The van der Waals surface area contributed by atoms with E-state index in [1.165, 1.54) is 16.8 Å². The second kappa shape index (κ2) is 8.19. The first-order valence-corrected chi connectivity index (χ1v) is 8.67. The zero-order valence-corrected chi connectivity index (χ0v) is 15.8. The summed E-state index contributed by atoms with van der Waals surface area (Å²) in [6.07, 6.45) is 0. The van der Waals surface area contributed by atoms with Crippen molar-refractivity contribution in [3.63, 3.8) is 0 Å². The van der Waals surface area contributed by atoms with E-state index < -0.39 is 0 Å². The lowest BCUT2D eigenvalue weighted by molar-refractivity contribution is 0.0963. The molecule has 7 nitrogen and oxygen atoms in total. The van der Waals surface area contributed by atoms with Gasteiger partial charge in [-0.1, -0.05) is 18.2 Å². The fourth-order valence-corrected chi connectivity index (χ4v) is 2.87. The molecular formula is C18H19FN6OS. The summed E-state index contributed by atoms with van der Waals surface area (Å²) in [5.41, 5.74) is 2.19. The van der Waals surface area contributed by atoms with E-state index in [2.05, 4.69) is 15.7 Å². The number of halogens is 1. The van der Waals surface area contributed by atoms with Gasteiger partial charge in [0, 0.05) is 19.2 Å². The highest BCUT2D eigenvalue weighted by atomic mass is 32.1. The molecule has 3 aromatic rings. The van der Waals surface area contributed by atoms with Gasteiger partial charge in [0.1, 0.15) is 5.82 Å². The molecule has 9 heteroatoms. The first kappa shape index (κ1) is 18.9. The number of carbonyl (C=O) groups excluding carboxylic acids is 1. The van der Waals surface area contributed by atoms with E-state index in [0.29, 0.717) is 29.2 Å². The summed E-state index contributed by atoms with van der Waals surface area (Å²) in [7, 11) is 3.53. The van der Waals surface area contributed by atoms with Crippen LogP contribution in [0.2, 0.25) is 0 Å². The number of benzene rings is 2. The van der Waals surface area contributed by atoms with Crippen molar-refractivity contribution < 1.29 is 9.18 Å². The fourth-order valence-electron chi connectivity index (χ4n) is 2.63. The average Bonchev–Trinajstić information content (AvgIpc) is 3.02. The zero-order chi connectivity index (χ0) is 19.4. The van der Waals surface area contributed by atoms with Crippen LogP contribution in [0.3, 0.4) is 0 Å². The summed E-state index contributed by atoms with van der Waals surface area (Å²) in [6.45, 7) is 1.06. The zero-order valence-electron chi connectivity index (χ0n) is 15.0. The maximum absolute atomic E-state index is 13.4. The molecule has 0 saturated heterocycles. The van der Waals surface area contributed by atoms with Crippen LogP contribution < -0.4 is 5.32 Å². The van der Waals surface area contributed by atoms with Crippen molar-refractivity contribution in [3.05, 3.63) is 70.2 Å². The van der Waals surface area contributed by atoms with Gasteiger partial charge in [0.05, 0.1) is 12.4 Å². The summed E-state index contributed by atoms with van der Waals surface area (Å²) >= 11 is 5.40. The molecule has 0 spiro atoms. The molecule has 140 valence electrons. The van der Waals surface area contributed by atoms with Crippen LogP contribution in [0, 0.1) is 10.6 Å². The molecular weight excluding hydrogens is 367 g/mol. The van der Waals surface area contributed by atoms with Gasteiger partial charge in [-0.2, -0.15) is 4.68 Å². The molecule has 0 aliphatic heterocycles. The maximum Gasteiger partial charge on any atom is 0.251 e. The standard InChI is InChI=1S/C18H19FN6OS/c1-20-17(26)14-8-6-13(7-9-14)11-23(2)12-24-18(27)25(22-21-24)16-5-3-4-15(19)10-16/h3-10H,11-12H2,1-2H3,(H,20,26). The molecule has 0 aliphatic carbocycles. The second-order valence-electron chi connectivity index (χ2n) is 6.08. The molecule has 3 rings (SSSR count). The van der Waals surface area contributed by atoms with Gasteiger partial charge in [0.15, 0.2) is 0 Å². The summed E-state index contributed by atoms with van der Waals surface area (Å²) in [6, 6.07) is 13.4. The van der Waals surface area contributed by atoms with Crippen LogP contribution in [-0.2, 0) is 13.2 Å². The van der Waals surface area contributed by atoms with Crippen LogP contribution in [0.25, 0.3) is 5.69 Å². The average molecular weight is 386 g/mol. The molecule has 27 heavy (non-hydrogen) atoms. The quantitative estimate of drug-likeness (QED) is 0.659. The lowest BCUT2D eigenvalue weighted by atomic mass is 10.1. The lowest BCUT2D eigenvalue weighted by Crippen LogP contribution is -2.23. The molecule has 0 saturated carbocycles. The van der Waals surface area contributed by atoms with Gasteiger partial charge in [-0.25, -0.2) is 9.07 Å². The predicted molar refractivity (Wildman–Crippen MR) is 101 cm³/mol. The van der Waals surface area contributed by atoms with E-state index in [1.54, 1.807) is 36.0 Å². The molecule has 0 fully saturated rings. The van der Waals surface area contributed by atoms with E-state index in [4.69, 9.17) is 12.2 Å². The molecule has 0 radical (unpaired) electrons. The predicted octanol–water partition coefficient (Wildman–Crippen LogP) is 2.39. The molecule has 1 heterocycles. The first-order valence-electron chi connectivity index (χ1n) is 8.26. The SMILES string of the molecule is CNC(=O)c1ccc(CN(C)Cn2nnn(-c3cccc(F)c3)c2=S)cc1. The normalized spacial score (nSPS) is 11.0. The number of aromatic nitrogens is 4. The highest BCUT2D eigenvalue weighted by Gasteiger charge is 2.09. The van der Waals surface area contributed by atoms with Gasteiger partial charge in [-0.05, 0) is 65.6 Å². The van der Waals surface area contributed by atoms with Crippen LogP contribution >= 0.6 is 12.2 Å². The second-order valence-corrected chi connectivity index (χ2v) is 6.45. The Bertz CT molecular complexity index is 998. The van der Waals surface area contributed by atoms with Gasteiger partial charge in [-0.3, -0.25) is 9.69 Å². The Morgan fingerprint density at radius 3 is 2.63 bits per heavy atom. The Kier molecular flexibility index (Phi) is 5.72. The van der Waals surface area contributed by atoms with E-state index in [9.17, 15) is 9.18 Å². The minimum Gasteiger partial charge on any atom is -0.355 e. The van der Waals surface area contributed by atoms with Crippen molar-refractivity contribution >= 4 is 18.1 Å². The summed E-state index contributed by atoms with van der Waals surface area (Å²) in [5.74, 6) is -0.476. The first-order chi connectivity index (χ1) is 13.0. The van der Waals surface area contributed by atoms with Crippen LogP contribution in [-0.4, -0.2) is 44.7 Å². The molecule has 0 unspecified atom stereocenters. The van der Waals surface area contributed by atoms with Crippen LogP contribution in [0.5, 0.6) is 0 Å². The third-order valence-electron chi connectivity index (χ3n) is 3.96. The third kappa shape index (κ3) is 4.44. The Morgan fingerprint density at radius 1 is 1.22 bits per heavy atom. The van der Waals surface area contributed by atoms with Crippen molar-refractivity contribution in [3.8, 4) is 5.69 Å². The van der Waals surface area contributed by atoms with Gasteiger partial charge < -0.3 is 5.32 Å². The Hall–Kier alpha value is -2.91. The largest absolute Gasteiger partial charge is 0.355 e. The summed E-state index contributed by atoms with van der Waals surface area (Å²) in [4.78, 5) is 13.6. The Morgan fingerprint density at radius 2 is 1.96 bits per heavy atom. The van der Waals surface area contributed by atoms with Crippen LogP contribution in [0.1, 0.15) is 15.9 Å². The molecule has 0 bridgehead atoms. The van der Waals surface area contributed by atoms with Crippen molar-refractivity contribution in [2.45, 2.75) is 13.2 Å². The number of rotatable bonds is 6. The van der Waals surface area contributed by atoms with Gasteiger partial charge >= 0.3 is 0 Å². The number of nitrogens with zero attached hydrogens (tertiary/aromatic N) is 5. The van der Waals surface area contributed by atoms with E-state index in [1.807, 2.05) is 24.1 Å². The van der Waals surface area contributed by atoms with Crippen LogP contribution in [0.4, 0.5) is 4.39 Å². The van der Waals surface area contributed by atoms with E-state index >= 15 is 0 Å². The van der Waals surface area contributed by atoms with Crippen molar-refractivity contribution in [2.24, 2.45) is 0 Å². The Balaban J connectivity index is 1.69. The molecule has 0 atom stereocenters. The fraction of sp³-hybridized carbons (Fsp3) is 0.222. The highest BCUT2D eigenvalue weighted by molar-refractivity contribution is 7.71. The van der Waals surface area contributed by atoms with Gasteiger partial charge in [0.2, 0.25) is 4.77 Å². The minimum atomic E-state index is -0.360. The Labute approximate surface area is 161 Å². The molecule has 0 aliphatic rings. The summed E-state index contributed by atoms with van der Waals surface area (Å²) < 4.78 is 16.8. The van der Waals surface area contributed by atoms with Gasteiger partial charge in [0.25, 0.3) is 5.91 Å². The van der Waals surface area contributed by atoms with Crippen LogP contribution in [0.15, 0.2) is 48.5 Å². The van der Waals surface area contributed by atoms with Crippen molar-refractivity contribution in [2.75, 3.05) is 14.1 Å². The van der Waals surface area contributed by atoms with E-state index in [0.717, 1.165) is 5.56 Å². The lowest BCUT2D eigenvalue weighted by Gasteiger charge is -2.16. The minimum absolute atomic E-state index is 0.116. The topological polar surface area (TPSA) is 68.0 Å². The number of amides is 1. The number of hydrogen-bond acceptors (Lipinski definition) is 5. The smallest absolute Gasteiger partial charge is 0.251 e. The molecule has 2 aromatic carbocycles. The van der Waals surface area contributed by atoms with E-state index in [-0.39, 0.29) is 11.7 Å². The number of carbonyl (C=O) groups is 1. The monoisotopic (exact) mass is 386 g/mol. The summed E-state index contributed by atoms with van der Waals surface area (Å²) in [5, 5.41) is 10.7. The molecule has 1 N–H and O–H groups in total. The van der Waals surface area contributed by atoms with Crippen molar-refractivity contribution in [1.82, 2.24) is 30.0 Å².